The average molecular weight is 668 g/mol. The number of nitriles is 1. The van der Waals surface area contributed by atoms with Crippen LogP contribution >= 0.6 is 0 Å². The molecule has 13 heteroatoms. The Morgan fingerprint density at radius 2 is 1.90 bits per heavy atom. The number of aromatic nitrogens is 3. The highest BCUT2D eigenvalue weighted by atomic mass is 127. The Kier molecular flexibility index (Phi) is 8.85. The first kappa shape index (κ1) is 30.9. The van der Waals surface area contributed by atoms with Crippen molar-refractivity contribution in [2.45, 2.75) is 25.6 Å². The monoisotopic (exact) mass is 668 g/mol. The number of rotatable bonds is 6. The fourth-order valence-electron chi connectivity index (χ4n) is 4.69. The number of anilines is 2. The molecule has 40 heavy (non-hydrogen) atoms. The van der Waals surface area contributed by atoms with E-state index in [1.807, 2.05) is 21.1 Å². The first-order chi connectivity index (χ1) is 18.3. The SMILES string of the molecule is COC(=O)C1=C(C)N(c2cccc(C(F)(F)F)c2)c2n[nH]c(=O)n2[C@@H]1c1ccc(C#N)cc1CC[N+](C)(C)C.[I-]. The molecular formula is C27H28F3IN6O3. The summed E-state index contributed by atoms with van der Waals surface area (Å²) in [6, 6.07) is 10.7. The van der Waals surface area contributed by atoms with Crippen LogP contribution < -0.4 is 34.6 Å². The van der Waals surface area contributed by atoms with Gasteiger partial charge in [0.1, 0.15) is 6.04 Å². The summed E-state index contributed by atoms with van der Waals surface area (Å²) >= 11 is 0. The Morgan fingerprint density at radius 3 is 2.50 bits per heavy atom. The second kappa shape index (κ2) is 11.5. The minimum Gasteiger partial charge on any atom is -1.00 e. The van der Waals surface area contributed by atoms with E-state index in [1.54, 1.807) is 25.1 Å². The highest BCUT2D eigenvalue weighted by Crippen LogP contribution is 2.43. The van der Waals surface area contributed by atoms with Gasteiger partial charge in [-0.05, 0) is 48.4 Å². The minimum atomic E-state index is -4.61. The Labute approximate surface area is 246 Å². The molecule has 0 spiro atoms. The predicted molar refractivity (Wildman–Crippen MR) is 137 cm³/mol. The van der Waals surface area contributed by atoms with Crippen LogP contribution in [0.1, 0.15) is 35.2 Å². The number of hydrogen-bond acceptors (Lipinski definition) is 6. The van der Waals surface area contributed by atoms with Crippen LogP contribution in [0.3, 0.4) is 0 Å². The van der Waals surface area contributed by atoms with Gasteiger partial charge in [-0.25, -0.2) is 19.3 Å². The molecule has 3 aromatic rings. The van der Waals surface area contributed by atoms with Gasteiger partial charge in [-0.15, -0.1) is 5.10 Å². The van der Waals surface area contributed by atoms with E-state index in [-0.39, 0.29) is 46.9 Å². The number of nitrogens with one attached hydrogen (secondary N) is 1. The molecule has 4 rings (SSSR count). The van der Waals surface area contributed by atoms with Crippen LogP contribution in [0.5, 0.6) is 0 Å². The number of ether oxygens (including phenoxy) is 1. The third kappa shape index (κ3) is 5.92. The van der Waals surface area contributed by atoms with Crippen LogP contribution in [0.4, 0.5) is 24.8 Å². The first-order valence-corrected chi connectivity index (χ1v) is 12.0. The van der Waals surface area contributed by atoms with Gasteiger partial charge in [0.15, 0.2) is 0 Å². The number of likely N-dealkylation sites (N-methyl/N-ethyl adjacent to an activating group) is 1. The molecule has 0 saturated heterocycles. The number of benzene rings is 2. The van der Waals surface area contributed by atoms with Crippen LogP contribution in [-0.4, -0.2) is 60.0 Å². The Morgan fingerprint density at radius 1 is 1.20 bits per heavy atom. The zero-order chi connectivity index (χ0) is 28.7. The number of esters is 1. The average Bonchev–Trinajstić information content (AvgIpc) is 3.26. The van der Waals surface area contributed by atoms with Gasteiger partial charge >= 0.3 is 17.8 Å². The van der Waals surface area contributed by atoms with Crippen molar-refractivity contribution in [3.63, 3.8) is 0 Å². The summed E-state index contributed by atoms with van der Waals surface area (Å²) < 4.78 is 47.6. The summed E-state index contributed by atoms with van der Waals surface area (Å²) in [5.74, 6) is -0.744. The van der Waals surface area contributed by atoms with Crippen molar-refractivity contribution >= 4 is 17.6 Å². The maximum Gasteiger partial charge on any atom is 0.416 e. The van der Waals surface area contributed by atoms with E-state index in [0.29, 0.717) is 28.6 Å². The third-order valence-corrected chi connectivity index (χ3v) is 6.60. The van der Waals surface area contributed by atoms with Crippen LogP contribution in [0.25, 0.3) is 0 Å². The van der Waals surface area contributed by atoms with Gasteiger partial charge in [0.05, 0.1) is 57.6 Å². The Bertz CT molecular complexity index is 1560. The fraction of sp³-hybridized carbons (Fsp3) is 0.333. The number of H-pyrrole nitrogens is 1. The van der Waals surface area contributed by atoms with Crippen molar-refractivity contribution in [3.05, 3.63) is 86.5 Å². The topological polar surface area (TPSA) is 104 Å². The molecule has 1 aliphatic rings. The second-order valence-corrected chi connectivity index (χ2v) is 10.3. The maximum absolute atomic E-state index is 13.5. The van der Waals surface area contributed by atoms with Crippen molar-refractivity contribution in [2.75, 3.05) is 39.7 Å². The summed E-state index contributed by atoms with van der Waals surface area (Å²) in [5.41, 5.74) is 0.547. The molecular weight excluding hydrogens is 640 g/mol. The van der Waals surface area contributed by atoms with Crippen molar-refractivity contribution < 1.29 is 51.2 Å². The van der Waals surface area contributed by atoms with E-state index in [9.17, 15) is 28.0 Å². The molecule has 212 valence electrons. The van der Waals surface area contributed by atoms with Crippen LogP contribution in [0, 0.1) is 11.3 Å². The molecule has 1 atom stereocenters. The molecule has 0 fully saturated rings. The highest BCUT2D eigenvalue weighted by Gasteiger charge is 2.41. The largest absolute Gasteiger partial charge is 1.00 e. The molecule has 1 N–H and O–H groups in total. The highest BCUT2D eigenvalue weighted by molar-refractivity contribution is 5.93. The summed E-state index contributed by atoms with van der Waals surface area (Å²) in [6.45, 7) is 2.26. The lowest BCUT2D eigenvalue weighted by atomic mass is 9.89. The molecule has 2 heterocycles. The number of carbonyl (C=O) groups is 1. The zero-order valence-electron chi connectivity index (χ0n) is 22.5. The zero-order valence-corrected chi connectivity index (χ0v) is 24.7. The number of methoxy groups -OCH3 is 1. The van der Waals surface area contributed by atoms with Gasteiger partial charge in [-0.3, -0.25) is 4.90 Å². The smallest absolute Gasteiger partial charge is 0.416 e. The van der Waals surface area contributed by atoms with E-state index < -0.39 is 29.4 Å². The molecule has 0 amide bonds. The van der Waals surface area contributed by atoms with Gasteiger partial charge in [-0.2, -0.15) is 18.4 Å². The first-order valence-electron chi connectivity index (χ1n) is 12.0. The number of fused-ring (bicyclic) bond motifs is 1. The molecule has 1 aromatic heterocycles. The number of allylic oxidation sites excluding steroid dienone is 1. The normalized spacial score (nSPS) is 15.3. The lowest BCUT2D eigenvalue weighted by molar-refractivity contribution is -0.870. The van der Waals surface area contributed by atoms with Crippen molar-refractivity contribution in [1.82, 2.24) is 14.8 Å². The predicted octanol–water partition coefficient (Wildman–Crippen LogP) is 0.903. The van der Waals surface area contributed by atoms with Crippen LogP contribution in [0.15, 0.2) is 58.5 Å². The summed E-state index contributed by atoms with van der Waals surface area (Å²) in [5, 5.41) is 16.0. The molecule has 2 aromatic carbocycles. The number of carbonyl (C=O) groups excluding carboxylic acids is 1. The summed E-state index contributed by atoms with van der Waals surface area (Å²) in [7, 11) is 7.25. The number of alkyl halides is 3. The standard InChI is InChI=1S/C27H27F3N6O3.HI/c1-16-22(24(37)39-5)23(21-10-9-17(15-31)13-18(21)11-12-36(2,3)4)35-25(32-33-26(35)38)34(16)20-8-6-7-19(14-20)27(28,29)30;/h6-10,13-14,23H,11-12H2,1-5H3;1H/t23-;/m1./s1. The minimum absolute atomic E-state index is 0. The van der Waals surface area contributed by atoms with Gasteiger partial charge in [0.2, 0.25) is 5.95 Å². The fourth-order valence-corrected chi connectivity index (χ4v) is 4.69. The number of nitrogens with zero attached hydrogens (tertiary/aromatic N) is 5. The van der Waals surface area contributed by atoms with Gasteiger partial charge in [-0.1, -0.05) is 12.1 Å². The van der Waals surface area contributed by atoms with Gasteiger partial charge < -0.3 is 33.2 Å². The van der Waals surface area contributed by atoms with E-state index >= 15 is 0 Å². The lowest BCUT2D eigenvalue weighted by Crippen LogP contribution is -3.00. The maximum atomic E-state index is 13.5. The molecule has 9 nitrogen and oxygen atoms in total. The lowest BCUT2D eigenvalue weighted by Gasteiger charge is -2.36. The molecule has 0 unspecified atom stereocenters. The van der Waals surface area contributed by atoms with Crippen molar-refractivity contribution in [1.29, 1.82) is 5.26 Å². The van der Waals surface area contributed by atoms with Crippen LogP contribution in [-0.2, 0) is 22.1 Å². The van der Waals surface area contributed by atoms with Gasteiger partial charge in [0, 0.05) is 17.8 Å². The number of halogens is 4. The summed E-state index contributed by atoms with van der Waals surface area (Å²) in [4.78, 5) is 27.8. The number of hydrogen-bond donors (Lipinski definition) is 1. The number of quaternary nitrogens is 1. The summed E-state index contributed by atoms with van der Waals surface area (Å²) in [6.07, 6.45) is -4.08. The Hall–Kier alpha value is -3.64. The van der Waals surface area contributed by atoms with Gasteiger partial charge in [0.25, 0.3) is 0 Å². The van der Waals surface area contributed by atoms with Crippen LogP contribution in [0.2, 0.25) is 0 Å². The molecule has 0 bridgehead atoms. The molecule has 0 radical (unpaired) electrons. The Balaban J connectivity index is 0.00000441. The van der Waals surface area contributed by atoms with Crippen molar-refractivity contribution in [3.8, 4) is 6.07 Å². The quantitative estimate of drug-likeness (QED) is 0.238. The second-order valence-electron chi connectivity index (χ2n) is 10.3. The third-order valence-electron chi connectivity index (χ3n) is 6.60. The van der Waals surface area contributed by atoms with E-state index in [4.69, 9.17) is 4.74 Å². The molecule has 0 aliphatic carbocycles. The van der Waals surface area contributed by atoms with Crippen molar-refractivity contribution in [2.24, 2.45) is 0 Å². The van der Waals surface area contributed by atoms with E-state index in [1.165, 1.54) is 28.7 Å². The molecule has 0 saturated carbocycles. The number of aromatic amines is 1. The molecule has 1 aliphatic heterocycles. The van der Waals surface area contributed by atoms with E-state index in [2.05, 4.69) is 16.3 Å². The van der Waals surface area contributed by atoms with E-state index in [0.717, 1.165) is 17.7 Å².